The van der Waals surface area contributed by atoms with Crippen LogP contribution in [-0.2, 0) is 11.2 Å². The Hall–Kier alpha value is -1.35. The van der Waals surface area contributed by atoms with E-state index in [1.807, 2.05) is 45.7 Å². The summed E-state index contributed by atoms with van der Waals surface area (Å²) in [6.45, 7) is 7.71. The topological polar surface area (TPSA) is 46.3 Å². The van der Waals surface area contributed by atoms with Crippen LogP contribution in [0.1, 0.15) is 51.3 Å². The minimum atomic E-state index is -0.584. The van der Waals surface area contributed by atoms with Crippen LogP contribution in [0.3, 0.4) is 0 Å². The van der Waals surface area contributed by atoms with E-state index in [2.05, 4.69) is 18.2 Å². The van der Waals surface area contributed by atoms with Gasteiger partial charge in [0.1, 0.15) is 0 Å². The predicted molar refractivity (Wildman–Crippen MR) is 82.3 cm³/mol. The zero-order chi connectivity index (χ0) is 15.1. The number of nitrogens with zero attached hydrogens (tertiary/aromatic N) is 1. The summed E-state index contributed by atoms with van der Waals surface area (Å²) in [4.78, 5) is 14.7. The number of nitrogens with two attached hydrogens (primary N) is 1. The molecule has 1 atom stereocenters. The van der Waals surface area contributed by atoms with Gasteiger partial charge in [0.2, 0.25) is 5.91 Å². The van der Waals surface area contributed by atoms with Crippen LogP contribution in [-0.4, -0.2) is 23.4 Å². The first-order valence-corrected chi connectivity index (χ1v) is 7.30. The smallest absolute Gasteiger partial charge is 0.230 e. The first-order chi connectivity index (χ1) is 9.16. The van der Waals surface area contributed by atoms with Crippen molar-refractivity contribution in [3.05, 3.63) is 35.4 Å². The second kappa shape index (κ2) is 4.88. The van der Waals surface area contributed by atoms with E-state index in [1.54, 1.807) is 0 Å². The van der Waals surface area contributed by atoms with Gasteiger partial charge in [0.25, 0.3) is 0 Å². The lowest BCUT2D eigenvalue weighted by molar-refractivity contribution is -0.144. The van der Waals surface area contributed by atoms with Gasteiger partial charge < -0.3 is 10.6 Å². The van der Waals surface area contributed by atoms with Crippen molar-refractivity contribution in [2.24, 2.45) is 11.1 Å². The van der Waals surface area contributed by atoms with Gasteiger partial charge in [0.05, 0.1) is 11.5 Å². The van der Waals surface area contributed by atoms with Crippen molar-refractivity contribution in [2.45, 2.75) is 52.1 Å². The van der Waals surface area contributed by atoms with Crippen molar-refractivity contribution < 1.29 is 4.79 Å². The molecule has 1 amide bonds. The second-order valence-electron chi connectivity index (χ2n) is 7.02. The molecule has 1 aromatic rings. The molecule has 1 aromatic carbocycles. The largest absolute Gasteiger partial charge is 0.338 e. The first-order valence-electron chi connectivity index (χ1n) is 7.30. The lowest BCUT2D eigenvalue weighted by atomic mass is 9.74. The fourth-order valence-electron chi connectivity index (χ4n) is 2.79. The fourth-order valence-corrected chi connectivity index (χ4v) is 2.79. The normalized spacial score (nSPS) is 18.8. The van der Waals surface area contributed by atoms with Crippen molar-refractivity contribution in [1.29, 1.82) is 0 Å². The van der Waals surface area contributed by atoms with E-state index in [-0.39, 0.29) is 11.9 Å². The minimum absolute atomic E-state index is 0.117. The average molecular weight is 274 g/mol. The highest BCUT2D eigenvalue weighted by Gasteiger charge is 2.44. The Morgan fingerprint density at radius 3 is 2.45 bits per heavy atom. The summed E-state index contributed by atoms with van der Waals surface area (Å²) < 4.78 is 0. The molecule has 0 aliphatic heterocycles. The number of carbonyl (C=O) groups excluding carboxylic acids is 1. The zero-order valence-corrected chi connectivity index (χ0v) is 13.2. The Balaban J connectivity index is 2.26. The van der Waals surface area contributed by atoms with Crippen LogP contribution in [0.25, 0.3) is 0 Å². The van der Waals surface area contributed by atoms with Crippen molar-refractivity contribution in [1.82, 2.24) is 4.90 Å². The van der Waals surface area contributed by atoms with Crippen molar-refractivity contribution >= 4 is 5.91 Å². The maximum atomic E-state index is 12.9. The van der Waals surface area contributed by atoms with E-state index < -0.39 is 11.0 Å². The maximum absolute atomic E-state index is 12.9. The molecule has 20 heavy (non-hydrogen) atoms. The standard InChI is InChI=1S/C17H26N2O/c1-16(2,17(3,4)18)15(20)19(5)14-11-10-12-8-6-7-9-13(12)14/h6-9,14H,10-11,18H2,1-5H3. The van der Waals surface area contributed by atoms with Crippen LogP contribution >= 0.6 is 0 Å². The SMILES string of the molecule is CN(C(=O)C(C)(C)C(C)(C)N)C1CCc2ccccc21. The molecule has 2 rings (SSSR count). The van der Waals surface area contributed by atoms with Gasteiger partial charge in [-0.25, -0.2) is 0 Å². The lowest BCUT2D eigenvalue weighted by Gasteiger charge is -2.41. The number of hydrogen-bond donors (Lipinski definition) is 1. The van der Waals surface area contributed by atoms with Gasteiger partial charge in [-0.3, -0.25) is 4.79 Å². The lowest BCUT2D eigenvalue weighted by Crippen LogP contribution is -2.56. The summed E-state index contributed by atoms with van der Waals surface area (Å²) in [6.07, 6.45) is 2.05. The molecule has 0 bridgehead atoms. The molecule has 1 aliphatic rings. The Kier molecular flexibility index (Phi) is 3.67. The number of carbonyl (C=O) groups is 1. The molecule has 0 heterocycles. The number of fused-ring (bicyclic) bond motifs is 1. The molecule has 2 N–H and O–H groups in total. The highest BCUT2D eigenvalue weighted by atomic mass is 16.2. The summed E-state index contributed by atoms with van der Waals surface area (Å²) in [6, 6.07) is 8.59. The molecule has 0 saturated heterocycles. The van der Waals surface area contributed by atoms with Crippen molar-refractivity contribution in [3.63, 3.8) is 0 Å². The zero-order valence-electron chi connectivity index (χ0n) is 13.2. The van der Waals surface area contributed by atoms with E-state index >= 15 is 0 Å². The molecule has 0 spiro atoms. The van der Waals surface area contributed by atoms with Gasteiger partial charge in [-0.15, -0.1) is 0 Å². The highest BCUT2D eigenvalue weighted by molar-refractivity contribution is 5.83. The van der Waals surface area contributed by atoms with Gasteiger partial charge in [-0.2, -0.15) is 0 Å². The molecule has 3 heteroatoms. The third kappa shape index (κ3) is 2.35. The first kappa shape index (κ1) is 15.0. The maximum Gasteiger partial charge on any atom is 0.230 e. The molecule has 0 aromatic heterocycles. The molecule has 0 fully saturated rings. The summed E-state index contributed by atoms with van der Waals surface area (Å²) in [5, 5.41) is 0. The third-order valence-electron chi connectivity index (χ3n) is 5.03. The van der Waals surface area contributed by atoms with Gasteiger partial charge in [-0.1, -0.05) is 24.3 Å². The van der Waals surface area contributed by atoms with Gasteiger partial charge in [0.15, 0.2) is 0 Å². The molecule has 3 nitrogen and oxygen atoms in total. The van der Waals surface area contributed by atoms with Crippen molar-refractivity contribution in [2.75, 3.05) is 7.05 Å². The van der Waals surface area contributed by atoms with E-state index in [9.17, 15) is 4.79 Å². The van der Waals surface area contributed by atoms with Crippen LogP contribution in [0, 0.1) is 5.41 Å². The highest BCUT2D eigenvalue weighted by Crippen LogP contribution is 2.38. The summed E-state index contributed by atoms with van der Waals surface area (Å²) in [5.74, 6) is 0.117. The molecule has 110 valence electrons. The molecule has 1 aliphatic carbocycles. The Morgan fingerprint density at radius 2 is 1.85 bits per heavy atom. The fraction of sp³-hybridized carbons (Fsp3) is 0.588. The Morgan fingerprint density at radius 1 is 1.25 bits per heavy atom. The van der Waals surface area contributed by atoms with Gasteiger partial charge >= 0.3 is 0 Å². The monoisotopic (exact) mass is 274 g/mol. The van der Waals surface area contributed by atoms with Crippen LogP contribution in [0.4, 0.5) is 0 Å². The Labute approximate surface area is 122 Å². The predicted octanol–water partition coefficient (Wildman–Crippen LogP) is 2.90. The van der Waals surface area contributed by atoms with Gasteiger partial charge in [-0.05, 0) is 51.7 Å². The molecule has 0 saturated carbocycles. The summed E-state index contributed by atoms with van der Waals surface area (Å²) in [7, 11) is 1.91. The van der Waals surface area contributed by atoms with E-state index in [4.69, 9.17) is 5.73 Å². The van der Waals surface area contributed by atoms with Crippen LogP contribution in [0.2, 0.25) is 0 Å². The quantitative estimate of drug-likeness (QED) is 0.921. The molecule has 0 radical (unpaired) electrons. The van der Waals surface area contributed by atoms with Crippen LogP contribution in [0.5, 0.6) is 0 Å². The summed E-state index contributed by atoms with van der Waals surface area (Å²) in [5.41, 5.74) is 7.72. The Bertz CT molecular complexity index is 514. The number of benzene rings is 1. The number of hydrogen-bond acceptors (Lipinski definition) is 2. The van der Waals surface area contributed by atoms with Gasteiger partial charge in [0, 0.05) is 12.6 Å². The van der Waals surface area contributed by atoms with E-state index in [0.29, 0.717) is 0 Å². The second-order valence-corrected chi connectivity index (χ2v) is 7.02. The summed E-state index contributed by atoms with van der Waals surface area (Å²) >= 11 is 0. The number of rotatable bonds is 3. The molecule has 1 unspecified atom stereocenters. The molecular formula is C17H26N2O. The molecular weight excluding hydrogens is 248 g/mol. The average Bonchev–Trinajstić information content (AvgIpc) is 2.79. The number of aryl methyl sites for hydroxylation is 1. The van der Waals surface area contributed by atoms with Crippen LogP contribution in [0.15, 0.2) is 24.3 Å². The third-order valence-corrected chi connectivity index (χ3v) is 5.03. The van der Waals surface area contributed by atoms with E-state index in [0.717, 1.165) is 12.8 Å². The minimum Gasteiger partial charge on any atom is -0.338 e. The van der Waals surface area contributed by atoms with Crippen LogP contribution < -0.4 is 5.73 Å². The van der Waals surface area contributed by atoms with E-state index in [1.165, 1.54) is 11.1 Å². The number of amides is 1. The van der Waals surface area contributed by atoms with Crippen molar-refractivity contribution in [3.8, 4) is 0 Å².